The maximum atomic E-state index is 13.7. The minimum absolute atomic E-state index is 0.0315. The minimum Gasteiger partial charge on any atom is -0.321 e. The molecular weight excluding hydrogens is 528 g/mol. The number of thiophene rings is 1. The number of amides is 1. The summed E-state index contributed by atoms with van der Waals surface area (Å²) in [5.41, 5.74) is -1.01. The Kier molecular flexibility index (Phi) is 5.52. The zero-order chi connectivity index (χ0) is 21.6. The number of anilines is 1. The van der Waals surface area contributed by atoms with E-state index < -0.39 is 17.8 Å². The fraction of sp³-hybridized carbons (Fsp3) is 0.0556. The molecule has 0 saturated carbocycles. The summed E-state index contributed by atoms with van der Waals surface area (Å²) in [6.45, 7) is 0. The molecule has 1 N–H and O–H groups in total. The number of rotatable bonds is 3. The lowest BCUT2D eigenvalue weighted by Crippen LogP contribution is -2.15. The lowest BCUT2D eigenvalue weighted by atomic mass is 10.2. The number of hydrogen-bond donors (Lipinski definition) is 1. The average molecular weight is 536 g/mol. The van der Waals surface area contributed by atoms with Gasteiger partial charge in [-0.3, -0.25) is 4.79 Å². The summed E-state index contributed by atoms with van der Waals surface area (Å²) in [7, 11) is 0. The van der Waals surface area contributed by atoms with Gasteiger partial charge in [0.25, 0.3) is 5.91 Å². The number of hydrogen-bond acceptors (Lipinski definition) is 4. The fourth-order valence-electron chi connectivity index (χ4n) is 2.65. The van der Waals surface area contributed by atoms with Crippen molar-refractivity contribution in [1.29, 1.82) is 0 Å². The summed E-state index contributed by atoms with van der Waals surface area (Å²) in [6, 6.07) is 8.67. The van der Waals surface area contributed by atoms with Crippen molar-refractivity contribution in [1.82, 2.24) is 14.6 Å². The van der Waals surface area contributed by atoms with Gasteiger partial charge in [-0.1, -0.05) is 29.3 Å². The van der Waals surface area contributed by atoms with E-state index in [-0.39, 0.29) is 26.5 Å². The molecule has 0 saturated heterocycles. The Morgan fingerprint density at radius 2 is 1.93 bits per heavy atom. The predicted octanol–water partition coefficient (Wildman–Crippen LogP) is 6.80. The molecule has 5 nitrogen and oxygen atoms in total. The van der Waals surface area contributed by atoms with Crippen LogP contribution >= 0.6 is 50.5 Å². The molecule has 0 atom stereocenters. The van der Waals surface area contributed by atoms with Crippen molar-refractivity contribution in [3.63, 3.8) is 0 Å². The Bertz CT molecular complexity index is 1270. The van der Waals surface area contributed by atoms with E-state index >= 15 is 0 Å². The largest absolute Gasteiger partial charge is 0.433 e. The molecule has 12 heteroatoms. The molecule has 0 aliphatic carbocycles. The summed E-state index contributed by atoms with van der Waals surface area (Å²) in [6.07, 6.45) is -4.71. The lowest BCUT2D eigenvalue weighted by Gasteiger charge is -2.10. The van der Waals surface area contributed by atoms with E-state index in [2.05, 4.69) is 31.3 Å². The van der Waals surface area contributed by atoms with Gasteiger partial charge in [-0.05, 0) is 51.6 Å². The van der Waals surface area contributed by atoms with E-state index in [4.69, 9.17) is 23.2 Å². The van der Waals surface area contributed by atoms with E-state index in [9.17, 15) is 18.0 Å². The van der Waals surface area contributed by atoms with E-state index in [1.165, 1.54) is 29.5 Å². The van der Waals surface area contributed by atoms with Crippen molar-refractivity contribution in [2.24, 2.45) is 0 Å². The van der Waals surface area contributed by atoms with Crippen LogP contribution in [0.2, 0.25) is 10.0 Å². The van der Waals surface area contributed by atoms with Crippen LogP contribution in [0.1, 0.15) is 16.2 Å². The standard InChI is InChI=1S/C18H8BrCl2F3N4OS/c19-14-15(17(29)25-8-3-4-9(20)10(21)6-8)27-28-13(18(22,23)24)7-11(26-16(14)28)12-2-1-5-30-12/h1-7H,(H,25,29). The third kappa shape index (κ3) is 3.92. The summed E-state index contributed by atoms with van der Waals surface area (Å²) < 4.78 is 41.7. The number of alkyl halides is 3. The average Bonchev–Trinajstić information content (AvgIpc) is 3.32. The van der Waals surface area contributed by atoms with Crippen LogP contribution in [0.15, 0.2) is 46.3 Å². The molecule has 4 aromatic rings. The Balaban J connectivity index is 1.82. The maximum Gasteiger partial charge on any atom is 0.433 e. The van der Waals surface area contributed by atoms with E-state index in [0.717, 1.165) is 6.07 Å². The molecule has 3 aromatic heterocycles. The first-order valence-electron chi connectivity index (χ1n) is 8.12. The molecule has 0 fully saturated rings. The number of carbonyl (C=O) groups is 1. The fourth-order valence-corrected chi connectivity index (χ4v) is 4.15. The highest BCUT2D eigenvalue weighted by molar-refractivity contribution is 9.10. The first kappa shape index (κ1) is 21.1. The number of nitrogens with zero attached hydrogens (tertiary/aromatic N) is 3. The third-order valence-electron chi connectivity index (χ3n) is 3.99. The lowest BCUT2D eigenvalue weighted by molar-refractivity contribution is -0.142. The number of halogens is 6. The molecule has 1 aromatic carbocycles. The quantitative estimate of drug-likeness (QED) is 0.314. The summed E-state index contributed by atoms with van der Waals surface area (Å²) in [5.74, 6) is -0.739. The number of carbonyl (C=O) groups excluding carboxylic acids is 1. The van der Waals surface area contributed by atoms with Gasteiger partial charge in [-0.25, -0.2) is 9.50 Å². The maximum absolute atomic E-state index is 13.7. The molecule has 0 aliphatic heterocycles. The molecule has 0 bridgehead atoms. The monoisotopic (exact) mass is 534 g/mol. The van der Waals surface area contributed by atoms with Gasteiger partial charge in [-0.15, -0.1) is 11.3 Å². The van der Waals surface area contributed by atoms with Crippen molar-refractivity contribution in [3.05, 3.63) is 67.7 Å². The smallest absolute Gasteiger partial charge is 0.321 e. The predicted molar refractivity (Wildman–Crippen MR) is 113 cm³/mol. The van der Waals surface area contributed by atoms with E-state index in [1.54, 1.807) is 17.5 Å². The number of nitrogens with one attached hydrogen (secondary N) is 1. The Morgan fingerprint density at radius 1 is 1.17 bits per heavy atom. The normalized spacial score (nSPS) is 11.8. The zero-order valence-electron chi connectivity index (χ0n) is 14.5. The van der Waals surface area contributed by atoms with Crippen LogP contribution in [0, 0.1) is 0 Å². The molecule has 4 rings (SSSR count). The summed E-state index contributed by atoms with van der Waals surface area (Å²) in [5, 5.41) is 8.63. The number of aromatic nitrogens is 3. The highest BCUT2D eigenvalue weighted by Gasteiger charge is 2.36. The van der Waals surface area contributed by atoms with Crippen LogP contribution in [0.4, 0.5) is 18.9 Å². The van der Waals surface area contributed by atoms with Gasteiger partial charge >= 0.3 is 6.18 Å². The van der Waals surface area contributed by atoms with Crippen LogP contribution in [0.5, 0.6) is 0 Å². The summed E-state index contributed by atoms with van der Waals surface area (Å²) >= 11 is 16.2. The van der Waals surface area contributed by atoms with Gasteiger partial charge in [0.1, 0.15) is 0 Å². The van der Waals surface area contributed by atoms with Gasteiger partial charge in [0.2, 0.25) is 0 Å². The molecule has 30 heavy (non-hydrogen) atoms. The Morgan fingerprint density at radius 3 is 2.57 bits per heavy atom. The molecule has 0 aliphatic rings. The van der Waals surface area contributed by atoms with Gasteiger partial charge in [0.05, 0.1) is 25.1 Å². The molecule has 0 radical (unpaired) electrons. The molecule has 0 spiro atoms. The molecule has 1 amide bonds. The van der Waals surface area contributed by atoms with Gasteiger partial charge in [0, 0.05) is 5.69 Å². The van der Waals surface area contributed by atoms with Crippen LogP contribution in [-0.2, 0) is 6.18 Å². The van der Waals surface area contributed by atoms with Crippen LogP contribution < -0.4 is 5.32 Å². The first-order valence-corrected chi connectivity index (χ1v) is 10.5. The second kappa shape index (κ2) is 7.84. The first-order chi connectivity index (χ1) is 14.1. The third-order valence-corrected chi connectivity index (χ3v) is 6.35. The van der Waals surface area contributed by atoms with Crippen LogP contribution in [0.25, 0.3) is 16.2 Å². The topological polar surface area (TPSA) is 59.3 Å². The number of benzene rings is 1. The Labute approximate surface area is 189 Å². The minimum atomic E-state index is -4.71. The second-order valence-corrected chi connectivity index (χ2v) is 8.54. The zero-order valence-corrected chi connectivity index (χ0v) is 18.4. The van der Waals surface area contributed by atoms with Crippen molar-refractivity contribution < 1.29 is 18.0 Å². The van der Waals surface area contributed by atoms with E-state index in [0.29, 0.717) is 20.1 Å². The molecular formula is C18H8BrCl2F3N4OS. The molecule has 0 unspecified atom stereocenters. The van der Waals surface area contributed by atoms with Crippen LogP contribution in [0.3, 0.4) is 0 Å². The summed E-state index contributed by atoms with van der Waals surface area (Å²) in [4.78, 5) is 17.5. The highest BCUT2D eigenvalue weighted by Crippen LogP contribution is 2.36. The molecule has 3 heterocycles. The van der Waals surface area contributed by atoms with Gasteiger partial charge in [0.15, 0.2) is 17.0 Å². The van der Waals surface area contributed by atoms with Gasteiger partial charge in [-0.2, -0.15) is 18.3 Å². The van der Waals surface area contributed by atoms with Crippen LogP contribution in [-0.4, -0.2) is 20.5 Å². The SMILES string of the molecule is O=C(Nc1ccc(Cl)c(Cl)c1)c1nn2c(C(F)(F)F)cc(-c3cccs3)nc2c1Br. The Hall–Kier alpha value is -2.14. The number of fused-ring (bicyclic) bond motifs is 1. The van der Waals surface area contributed by atoms with Crippen molar-refractivity contribution >= 4 is 67.7 Å². The van der Waals surface area contributed by atoms with Gasteiger partial charge < -0.3 is 5.32 Å². The highest BCUT2D eigenvalue weighted by atomic mass is 79.9. The molecule has 154 valence electrons. The van der Waals surface area contributed by atoms with Crippen molar-refractivity contribution in [3.8, 4) is 10.6 Å². The van der Waals surface area contributed by atoms with Crippen molar-refractivity contribution in [2.45, 2.75) is 6.18 Å². The van der Waals surface area contributed by atoms with E-state index in [1.807, 2.05) is 0 Å². The van der Waals surface area contributed by atoms with Crippen molar-refractivity contribution in [2.75, 3.05) is 5.32 Å². The second-order valence-electron chi connectivity index (χ2n) is 5.98.